The number of nitrogens with zero attached hydrogens (tertiary/aromatic N) is 1. The van der Waals surface area contributed by atoms with Gasteiger partial charge in [0.25, 0.3) is 0 Å². The number of hydrogen-bond donors (Lipinski definition) is 1. The summed E-state index contributed by atoms with van der Waals surface area (Å²) < 4.78 is 0. The molecule has 2 nitrogen and oxygen atoms in total. The Labute approximate surface area is 142 Å². The molecule has 23 heavy (non-hydrogen) atoms. The summed E-state index contributed by atoms with van der Waals surface area (Å²) in [6.45, 7) is 5.05. The minimum absolute atomic E-state index is 0.184. The van der Waals surface area contributed by atoms with Crippen molar-refractivity contribution >= 4 is 11.3 Å². The molecule has 2 aromatic carbocycles. The molecule has 1 heterocycles. The van der Waals surface area contributed by atoms with Gasteiger partial charge in [0.1, 0.15) is 0 Å². The highest BCUT2D eigenvalue weighted by Crippen LogP contribution is 2.23. The van der Waals surface area contributed by atoms with Gasteiger partial charge in [0, 0.05) is 11.9 Å². The second-order valence-corrected chi connectivity index (χ2v) is 6.66. The molecule has 1 unspecified atom stereocenters. The van der Waals surface area contributed by atoms with Gasteiger partial charge in [-0.1, -0.05) is 67.1 Å². The first-order valence-electron chi connectivity index (χ1n) is 8.04. The Morgan fingerprint density at radius 1 is 1.00 bits per heavy atom. The van der Waals surface area contributed by atoms with Crippen LogP contribution < -0.4 is 5.32 Å². The summed E-state index contributed by atoms with van der Waals surface area (Å²) >= 11 is 1.74. The third-order valence-electron chi connectivity index (χ3n) is 3.93. The first-order chi connectivity index (χ1) is 11.3. The standard InChI is InChI=1S/C20H22N2S/c1-3-19-22-18(14-23-19)13-21-20(16-7-5-4-6-8-16)17-11-9-15(2)10-12-17/h4-12,14,20-21H,3,13H2,1-2H3. The van der Waals surface area contributed by atoms with E-state index in [0.29, 0.717) is 0 Å². The van der Waals surface area contributed by atoms with Crippen molar-refractivity contribution < 1.29 is 0 Å². The SMILES string of the molecule is CCc1nc(CNC(c2ccccc2)c2ccc(C)cc2)cs1. The van der Waals surface area contributed by atoms with E-state index in [1.54, 1.807) is 11.3 Å². The lowest BCUT2D eigenvalue weighted by atomic mass is 9.98. The van der Waals surface area contributed by atoms with Gasteiger partial charge < -0.3 is 5.32 Å². The maximum Gasteiger partial charge on any atom is 0.0926 e. The van der Waals surface area contributed by atoms with Gasteiger partial charge in [-0.3, -0.25) is 0 Å². The molecule has 0 aliphatic rings. The van der Waals surface area contributed by atoms with Crippen LogP contribution in [0.15, 0.2) is 60.0 Å². The number of aryl methyl sites for hydroxylation is 2. The fourth-order valence-electron chi connectivity index (χ4n) is 2.63. The van der Waals surface area contributed by atoms with Crippen LogP contribution in [0, 0.1) is 6.92 Å². The molecule has 0 aliphatic heterocycles. The van der Waals surface area contributed by atoms with Crippen LogP contribution in [0.4, 0.5) is 0 Å². The largest absolute Gasteiger partial charge is 0.301 e. The lowest BCUT2D eigenvalue weighted by Gasteiger charge is -2.19. The maximum atomic E-state index is 4.66. The third kappa shape index (κ3) is 4.06. The molecule has 1 atom stereocenters. The summed E-state index contributed by atoms with van der Waals surface area (Å²) in [5.74, 6) is 0. The molecule has 3 rings (SSSR count). The Morgan fingerprint density at radius 3 is 2.35 bits per heavy atom. The van der Waals surface area contributed by atoms with Crippen molar-refractivity contribution in [3.8, 4) is 0 Å². The average Bonchev–Trinajstić information content (AvgIpc) is 3.06. The van der Waals surface area contributed by atoms with Crippen LogP contribution in [0.2, 0.25) is 0 Å². The molecule has 0 bridgehead atoms. The van der Waals surface area contributed by atoms with E-state index in [1.807, 2.05) is 0 Å². The van der Waals surface area contributed by atoms with Gasteiger partial charge in [-0.15, -0.1) is 11.3 Å². The zero-order chi connectivity index (χ0) is 16.1. The molecule has 118 valence electrons. The Kier molecular flexibility index (Phi) is 5.21. The third-order valence-corrected chi connectivity index (χ3v) is 4.97. The highest BCUT2D eigenvalue weighted by molar-refractivity contribution is 7.09. The van der Waals surface area contributed by atoms with Crippen LogP contribution in [0.1, 0.15) is 40.4 Å². The summed E-state index contributed by atoms with van der Waals surface area (Å²) in [6.07, 6.45) is 1.00. The van der Waals surface area contributed by atoms with Crippen LogP contribution in [0.25, 0.3) is 0 Å². The van der Waals surface area contributed by atoms with Gasteiger partial charge in [0.15, 0.2) is 0 Å². The minimum atomic E-state index is 0.184. The van der Waals surface area contributed by atoms with E-state index in [4.69, 9.17) is 0 Å². The fourth-order valence-corrected chi connectivity index (χ4v) is 3.38. The first kappa shape index (κ1) is 15.9. The van der Waals surface area contributed by atoms with Crippen molar-refractivity contribution in [3.63, 3.8) is 0 Å². The van der Waals surface area contributed by atoms with Gasteiger partial charge in [-0.05, 0) is 24.5 Å². The average molecular weight is 322 g/mol. The van der Waals surface area contributed by atoms with Crippen LogP contribution in [-0.2, 0) is 13.0 Å². The van der Waals surface area contributed by atoms with E-state index in [1.165, 1.54) is 21.7 Å². The Balaban J connectivity index is 1.81. The number of rotatable bonds is 6. The highest BCUT2D eigenvalue weighted by atomic mass is 32.1. The van der Waals surface area contributed by atoms with Crippen molar-refractivity contribution in [1.82, 2.24) is 10.3 Å². The zero-order valence-corrected chi connectivity index (χ0v) is 14.4. The molecule has 0 amide bonds. The van der Waals surface area contributed by atoms with E-state index in [2.05, 4.69) is 84.1 Å². The summed E-state index contributed by atoms with van der Waals surface area (Å²) in [5.41, 5.74) is 4.97. The Hall–Kier alpha value is -1.97. The van der Waals surface area contributed by atoms with E-state index in [-0.39, 0.29) is 6.04 Å². The predicted octanol–water partition coefficient (Wildman–Crippen LogP) is 4.89. The first-order valence-corrected chi connectivity index (χ1v) is 8.92. The zero-order valence-electron chi connectivity index (χ0n) is 13.6. The molecule has 0 saturated heterocycles. The van der Waals surface area contributed by atoms with E-state index >= 15 is 0 Å². The van der Waals surface area contributed by atoms with Crippen molar-refractivity contribution in [1.29, 1.82) is 0 Å². The maximum absolute atomic E-state index is 4.66. The summed E-state index contributed by atoms with van der Waals surface area (Å²) in [7, 11) is 0. The number of hydrogen-bond acceptors (Lipinski definition) is 3. The highest BCUT2D eigenvalue weighted by Gasteiger charge is 2.14. The van der Waals surface area contributed by atoms with Gasteiger partial charge in [-0.2, -0.15) is 0 Å². The molecule has 1 N–H and O–H groups in total. The molecule has 1 aromatic heterocycles. The Morgan fingerprint density at radius 2 is 1.70 bits per heavy atom. The molecule has 0 radical (unpaired) electrons. The number of aromatic nitrogens is 1. The van der Waals surface area contributed by atoms with Crippen LogP contribution in [0.5, 0.6) is 0 Å². The quantitative estimate of drug-likeness (QED) is 0.698. The molecular weight excluding hydrogens is 300 g/mol. The van der Waals surface area contributed by atoms with E-state index in [9.17, 15) is 0 Å². The summed E-state index contributed by atoms with van der Waals surface area (Å²) in [4.78, 5) is 4.66. The minimum Gasteiger partial charge on any atom is -0.301 e. The van der Waals surface area contributed by atoms with Crippen molar-refractivity contribution in [2.24, 2.45) is 0 Å². The van der Waals surface area contributed by atoms with Gasteiger partial charge in [-0.25, -0.2) is 4.98 Å². The molecule has 0 spiro atoms. The molecule has 3 heteroatoms. The molecule has 0 aliphatic carbocycles. The summed E-state index contributed by atoms with van der Waals surface area (Å²) in [6, 6.07) is 19.5. The molecule has 3 aromatic rings. The fraction of sp³-hybridized carbons (Fsp3) is 0.250. The van der Waals surface area contributed by atoms with Crippen LogP contribution >= 0.6 is 11.3 Å². The number of benzene rings is 2. The summed E-state index contributed by atoms with van der Waals surface area (Å²) in [5, 5.41) is 7.03. The second-order valence-electron chi connectivity index (χ2n) is 5.72. The molecular formula is C20H22N2S. The van der Waals surface area contributed by atoms with Gasteiger partial charge in [0.05, 0.1) is 16.7 Å². The topological polar surface area (TPSA) is 24.9 Å². The predicted molar refractivity (Wildman–Crippen MR) is 97.8 cm³/mol. The normalized spacial score (nSPS) is 12.3. The lowest BCUT2D eigenvalue weighted by molar-refractivity contribution is 0.598. The van der Waals surface area contributed by atoms with E-state index in [0.717, 1.165) is 18.7 Å². The Bertz CT molecular complexity index is 732. The number of nitrogens with one attached hydrogen (secondary N) is 1. The monoisotopic (exact) mass is 322 g/mol. The van der Waals surface area contributed by atoms with Crippen molar-refractivity contribution in [2.45, 2.75) is 32.9 Å². The van der Waals surface area contributed by atoms with Crippen molar-refractivity contribution in [3.05, 3.63) is 87.4 Å². The number of thiazole rings is 1. The van der Waals surface area contributed by atoms with Crippen molar-refractivity contribution in [2.75, 3.05) is 0 Å². The van der Waals surface area contributed by atoms with Crippen LogP contribution in [-0.4, -0.2) is 4.98 Å². The molecule has 0 fully saturated rings. The second kappa shape index (κ2) is 7.53. The van der Waals surface area contributed by atoms with Gasteiger partial charge >= 0.3 is 0 Å². The van der Waals surface area contributed by atoms with Crippen LogP contribution in [0.3, 0.4) is 0 Å². The lowest BCUT2D eigenvalue weighted by Crippen LogP contribution is -2.22. The van der Waals surface area contributed by atoms with E-state index < -0.39 is 0 Å². The van der Waals surface area contributed by atoms with Gasteiger partial charge in [0.2, 0.25) is 0 Å². The smallest absolute Gasteiger partial charge is 0.0926 e. The molecule has 0 saturated carbocycles.